The number of hydrogen-bond acceptors (Lipinski definition) is 10. The van der Waals surface area contributed by atoms with Gasteiger partial charge in [-0.3, -0.25) is 39.2 Å². The van der Waals surface area contributed by atoms with E-state index in [9.17, 15) is 28.8 Å². The molecule has 0 spiro atoms. The van der Waals surface area contributed by atoms with Crippen LogP contribution < -0.4 is 26.6 Å². The quantitative estimate of drug-likeness (QED) is 0.122. The zero-order chi connectivity index (χ0) is 38.1. The Bertz CT molecular complexity index is 2250. The minimum atomic E-state index is -1.04. The second kappa shape index (κ2) is 15.7. The number of benzene rings is 2. The van der Waals surface area contributed by atoms with Crippen LogP contribution in [0, 0.1) is 5.92 Å². The number of H-pyrrole nitrogens is 2. The standard InChI is InChI=1S/C40H46N8O7/c49-32-16-12-26-31(55-22-6-19-41-28-11-4-10-27-34(28)39(53)47(38(27)52)30-14-17-33(50)43-37(30)51)15-13-29(35(26)42-32)48-40(54)44-36(45-48)25-9-5-20-46(23-25)21-18-24-7-2-1-3-8-24/h4,10-13,15-16,24-25,30,41H,1-3,5-9,14,17-23H2,(H,42,49)(H,43,50,51)(H,44,45,54)/t25-,30?/m0/s1. The van der Waals surface area contributed by atoms with Crippen molar-refractivity contribution in [3.05, 3.63) is 80.3 Å². The van der Waals surface area contributed by atoms with Gasteiger partial charge in [0.25, 0.3) is 11.8 Å². The number of carbonyl (C=O) groups excluding carboxylic acids is 4. The molecule has 1 unspecified atom stereocenters. The van der Waals surface area contributed by atoms with Crippen LogP contribution in [0.4, 0.5) is 5.69 Å². The lowest BCUT2D eigenvalue weighted by Gasteiger charge is -2.33. The summed E-state index contributed by atoms with van der Waals surface area (Å²) in [6.45, 7) is 3.68. The Balaban J connectivity index is 0.913. The lowest BCUT2D eigenvalue weighted by molar-refractivity contribution is -0.136. The highest BCUT2D eigenvalue weighted by Gasteiger charge is 2.45. The topological polar surface area (TPSA) is 192 Å². The molecule has 3 aliphatic heterocycles. The maximum atomic E-state index is 13.4. The van der Waals surface area contributed by atoms with E-state index in [-0.39, 0.29) is 47.7 Å². The summed E-state index contributed by atoms with van der Waals surface area (Å²) in [6.07, 6.45) is 10.6. The average molecular weight is 751 g/mol. The van der Waals surface area contributed by atoms with E-state index in [1.807, 2.05) is 0 Å². The Kier molecular flexibility index (Phi) is 10.4. The number of imide groups is 2. The molecule has 15 heteroatoms. The number of rotatable bonds is 12. The largest absolute Gasteiger partial charge is 0.493 e. The highest BCUT2D eigenvalue weighted by molar-refractivity contribution is 6.25. The molecule has 8 rings (SSSR count). The third-order valence-electron chi connectivity index (χ3n) is 11.5. The number of piperidine rings is 2. The third-order valence-corrected chi connectivity index (χ3v) is 11.5. The first-order valence-electron chi connectivity index (χ1n) is 19.5. The number of amides is 4. The number of fused-ring (bicyclic) bond motifs is 2. The predicted molar refractivity (Wildman–Crippen MR) is 204 cm³/mol. The number of aromatic nitrogens is 4. The summed E-state index contributed by atoms with van der Waals surface area (Å²) >= 11 is 0. The lowest BCUT2D eigenvalue weighted by atomic mass is 9.86. The number of likely N-dealkylation sites (tertiary alicyclic amines) is 1. The fourth-order valence-electron chi connectivity index (χ4n) is 8.66. The normalized spacial score (nSPS) is 20.9. The number of nitrogens with one attached hydrogen (secondary N) is 4. The number of nitrogens with zero attached hydrogens (tertiary/aromatic N) is 4. The molecule has 2 saturated heterocycles. The van der Waals surface area contributed by atoms with Gasteiger partial charge >= 0.3 is 5.69 Å². The maximum Gasteiger partial charge on any atom is 0.348 e. The van der Waals surface area contributed by atoms with Crippen molar-refractivity contribution in [3.63, 3.8) is 0 Å². The molecule has 0 bridgehead atoms. The Hall–Kier alpha value is -5.57. The molecule has 1 aliphatic carbocycles. The van der Waals surface area contributed by atoms with E-state index < -0.39 is 29.7 Å². The molecule has 15 nitrogen and oxygen atoms in total. The summed E-state index contributed by atoms with van der Waals surface area (Å²) in [5.41, 5.74) is 1.04. The molecule has 1 saturated carbocycles. The maximum absolute atomic E-state index is 13.4. The Morgan fingerprint density at radius 1 is 0.873 bits per heavy atom. The van der Waals surface area contributed by atoms with Crippen molar-refractivity contribution in [1.29, 1.82) is 0 Å². The monoisotopic (exact) mass is 750 g/mol. The first kappa shape index (κ1) is 36.4. The van der Waals surface area contributed by atoms with Crippen LogP contribution in [0.3, 0.4) is 0 Å². The minimum Gasteiger partial charge on any atom is -0.493 e. The summed E-state index contributed by atoms with van der Waals surface area (Å²) in [6, 6.07) is 10.4. The molecule has 5 heterocycles. The molecule has 2 aromatic carbocycles. The van der Waals surface area contributed by atoms with Crippen molar-refractivity contribution in [3.8, 4) is 11.4 Å². The van der Waals surface area contributed by atoms with Crippen molar-refractivity contribution >= 4 is 40.2 Å². The van der Waals surface area contributed by atoms with E-state index in [1.165, 1.54) is 49.3 Å². The molecule has 4 aromatic rings. The van der Waals surface area contributed by atoms with Crippen LogP contribution in [0.5, 0.6) is 5.75 Å². The molecule has 0 radical (unpaired) electrons. The van der Waals surface area contributed by atoms with Crippen LogP contribution in [0.15, 0.2) is 52.1 Å². The fraction of sp³-hybridized carbons (Fsp3) is 0.475. The predicted octanol–water partition coefficient (Wildman–Crippen LogP) is 3.83. The summed E-state index contributed by atoms with van der Waals surface area (Å²) < 4.78 is 7.49. The van der Waals surface area contributed by atoms with E-state index in [0.717, 1.165) is 43.3 Å². The second-order valence-electron chi connectivity index (χ2n) is 15.2. The SMILES string of the molecule is O=C1CCC(N2C(=O)c3cccc(NCCCOc4ccc(-n5nc([C@H]6CCCN(CCC7CCCCC7)C6)[nH]c5=O)c5[nH]c(=O)ccc45)c3C2=O)C(=O)N1. The van der Waals surface area contributed by atoms with Crippen molar-refractivity contribution in [2.45, 2.75) is 82.6 Å². The Morgan fingerprint density at radius 2 is 1.73 bits per heavy atom. The van der Waals surface area contributed by atoms with Gasteiger partial charge in [0, 0.05) is 42.6 Å². The molecular formula is C40H46N8O7. The molecular weight excluding hydrogens is 704 g/mol. The van der Waals surface area contributed by atoms with Crippen LogP contribution in [0.25, 0.3) is 16.6 Å². The second-order valence-corrected chi connectivity index (χ2v) is 15.2. The lowest BCUT2D eigenvalue weighted by Crippen LogP contribution is -2.54. The third kappa shape index (κ3) is 7.44. The molecule has 4 N–H and O–H groups in total. The van der Waals surface area contributed by atoms with E-state index in [2.05, 4.69) is 25.5 Å². The van der Waals surface area contributed by atoms with Crippen LogP contribution in [0.1, 0.15) is 103 Å². The van der Waals surface area contributed by atoms with Gasteiger partial charge in [0.1, 0.15) is 17.6 Å². The summed E-state index contributed by atoms with van der Waals surface area (Å²) in [4.78, 5) is 85.9. The number of hydrogen-bond donors (Lipinski definition) is 4. The average Bonchev–Trinajstić information content (AvgIpc) is 3.70. The van der Waals surface area contributed by atoms with Gasteiger partial charge in [-0.1, -0.05) is 38.2 Å². The van der Waals surface area contributed by atoms with Gasteiger partial charge in [0.05, 0.1) is 28.9 Å². The Morgan fingerprint density at radius 3 is 2.56 bits per heavy atom. The highest BCUT2D eigenvalue weighted by atomic mass is 16.5. The van der Waals surface area contributed by atoms with Crippen LogP contribution >= 0.6 is 0 Å². The van der Waals surface area contributed by atoms with Crippen LogP contribution in [-0.2, 0) is 9.59 Å². The van der Waals surface area contributed by atoms with Gasteiger partial charge < -0.3 is 19.9 Å². The summed E-state index contributed by atoms with van der Waals surface area (Å²) in [7, 11) is 0. The van der Waals surface area contributed by atoms with Crippen LogP contribution in [-0.4, -0.2) is 92.0 Å². The summed E-state index contributed by atoms with van der Waals surface area (Å²) in [5, 5.41) is 10.8. The van der Waals surface area contributed by atoms with E-state index in [1.54, 1.807) is 36.4 Å². The highest BCUT2D eigenvalue weighted by Crippen LogP contribution is 2.33. The van der Waals surface area contributed by atoms with Crippen molar-refractivity contribution < 1.29 is 23.9 Å². The van der Waals surface area contributed by atoms with Crippen molar-refractivity contribution in [2.75, 3.05) is 38.1 Å². The summed E-state index contributed by atoms with van der Waals surface area (Å²) in [5.74, 6) is -0.116. The fourth-order valence-corrected chi connectivity index (χ4v) is 8.66. The van der Waals surface area contributed by atoms with Gasteiger partial charge in [-0.2, -0.15) is 4.68 Å². The minimum absolute atomic E-state index is 0.0467. The number of carbonyl (C=O) groups is 4. The molecule has 2 atom stereocenters. The van der Waals surface area contributed by atoms with Crippen molar-refractivity contribution in [1.82, 2.24) is 34.9 Å². The van der Waals surface area contributed by atoms with Crippen molar-refractivity contribution in [2.24, 2.45) is 5.92 Å². The molecule has 2 aromatic heterocycles. The first-order chi connectivity index (χ1) is 26.7. The molecule has 3 fully saturated rings. The van der Waals surface area contributed by atoms with E-state index in [4.69, 9.17) is 9.84 Å². The van der Waals surface area contributed by atoms with Gasteiger partial charge in [-0.05, 0) is 81.4 Å². The van der Waals surface area contributed by atoms with E-state index >= 15 is 0 Å². The van der Waals surface area contributed by atoms with E-state index in [0.29, 0.717) is 46.8 Å². The van der Waals surface area contributed by atoms with Gasteiger partial charge in [-0.15, -0.1) is 5.10 Å². The number of aromatic amines is 2. The number of anilines is 1. The van der Waals surface area contributed by atoms with Gasteiger partial charge in [-0.25, -0.2) is 4.79 Å². The van der Waals surface area contributed by atoms with Crippen LogP contribution in [0.2, 0.25) is 0 Å². The molecule has 4 aliphatic rings. The number of pyridine rings is 1. The first-order valence-corrected chi connectivity index (χ1v) is 19.5. The molecule has 288 valence electrons. The zero-order valence-electron chi connectivity index (χ0n) is 30.7. The zero-order valence-corrected chi connectivity index (χ0v) is 30.7. The van der Waals surface area contributed by atoms with Gasteiger partial charge in [0.15, 0.2) is 0 Å². The smallest absolute Gasteiger partial charge is 0.348 e. The molecule has 4 amide bonds. The van der Waals surface area contributed by atoms with Gasteiger partial charge in [0.2, 0.25) is 17.4 Å². The Labute approximate surface area is 316 Å². The number of ether oxygens (including phenoxy) is 1. The molecule has 55 heavy (non-hydrogen) atoms.